The van der Waals surface area contributed by atoms with Crippen molar-refractivity contribution in [2.75, 3.05) is 0 Å². The summed E-state index contributed by atoms with van der Waals surface area (Å²) in [6.45, 7) is 4.99. The minimum Gasteiger partial charge on any atom is -0.480 e. The van der Waals surface area contributed by atoms with Gasteiger partial charge in [0.05, 0.1) is 6.10 Å². The van der Waals surface area contributed by atoms with Crippen LogP contribution in [0.2, 0.25) is 0 Å². The first-order valence-corrected chi connectivity index (χ1v) is 5.12. The van der Waals surface area contributed by atoms with Gasteiger partial charge in [-0.3, -0.25) is 4.79 Å². The molecule has 6 nitrogen and oxygen atoms in total. The maximum absolute atomic E-state index is 11.2. The number of ether oxygens (including phenoxy) is 1. The fourth-order valence-electron chi connectivity index (χ4n) is 1.03. The number of esters is 1. The molecule has 0 aliphatic heterocycles. The summed E-state index contributed by atoms with van der Waals surface area (Å²) in [6, 6.07) is -1.04. The van der Waals surface area contributed by atoms with Crippen molar-refractivity contribution in [2.45, 2.75) is 45.8 Å². The quantitative estimate of drug-likeness (QED) is 0.524. The summed E-state index contributed by atoms with van der Waals surface area (Å²) >= 11 is 0. The molecule has 0 bridgehead atoms. The van der Waals surface area contributed by atoms with E-state index in [1.807, 2.05) is 0 Å². The number of nitrogens with one attached hydrogen (secondary N) is 1. The summed E-state index contributed by atoms with van der Waals surface area (Å²) in [5, 5.41) is 10.9. The lowest BCUT2D eigenvalue weighted by molar-refractivity contribution is -0.158. The van der Waals surface area contributed by atoms with Crippen LogP contribution in [0.4, 0.5) is 0 Å². The van der Waals surface area contributed by atoms with Crippen LogP contribution in [0, 0.1) is 0 Å². The van der Waals surface area contributed by atoms with Crippen molar-refractivity contribution in [1.82, 2.24) is 5.32 Å². The van der Waals surface area contributed by atoms with Gasteiger partial charge in [0.25, 0.3) is 0 Å². The Labute approximate surface area is 94.0 Å². The molecule has 0 heterocycles. The SMILES string of the molecule is CCCC(NC(=O)C(=O)OC(C)C)C(=O)O. The van der Waals surface area contributed by atoms with Crippen LogP contribution in [0.25, 0.3) is 0 Å². The number of hydrogen-bond acceptors (Lipinski definition) is 4. The maximum Gasteiger partial charge on any atom is 0.397 e. The van der Waals surface area contributed by atoms with Crippen LogP contribution >= 0.6 is 0 Å². The number of hydrogen-bond donors (Lipinski definition) is 2. The van der Waals surface area contributed by atoms with Gasteiger partial charge in [-0.05, 0) is 20.3 Å². The van der Waals surface area contributed by atoms with E-state index in [0.29, 0.717) is 6.42 Å². The number of carbonyl (C=O) groups is 3. The molecule has 0 saturated carbocycles. The van der Waals surface area contributed by atoms with Crippen molar-refractivity contribution in [3.63, 3.8) is 0 Å². The van der Waals surface area contributed by atoms with Gasteiger partial charge in [0.1, 0.15) is 6.04 Å². The van der Waals surface area contributed by atoms with E-state index < -0.39 is 30.0 Å². The zero-order chi connectivity index (χ0) is 12.7. The minimum atomic E-state index is -1.16. The van der Waals surface area contributed by atoms with Crippen molar-refractivity contribution in [1.29, 1.82) is 0 Å². The molecule has 0 aromatic carbocycles. The first kappa shape index (κ1) is 14.4. The molecule has 16 heavy (non-hydrogen) atoms. The van der Waals surface area contributed by atoms with Crippen molar-refractivity contribution < 1.29 is 24.2 Å². The average Bonchev–Trinajstić information content (AvgIpc) is 2.15. The first-order chi connectivity index (χ1) is 7.38. The van der Waals surface area contributed by atoms with Gasteiger partial charge >= 0.3 is 17.8 Å². The largest absolute Gasteiger partial charge is 0.480 e. The predicted molar refractivity (Wildman–Crippen MR) is 55.7 cm³/mol. The van der Waals surface area contributed by atoms with Crippen molar-refractivity contribution >= 4 is 17.8 Å². The van der Waals surface area contributed by atoms with Gasteiger partial charge < -0.3 is 15.2 Å². The van der Waals surface area contributed by atoms with Gasteiger partial charge in [0, 0.05) is 0 Å². The molecule has 0 spiro atoms. The molecule has 1 atom stereocenters. The van der Waals surface area contributed by atoms with E-state index in [1.165, 1.54) is 0 Å². The topological polar surface area (TPSA) is 92.7 Å². The molecular weight excluding hydrogens is 214 g/mol. The molecule has 0 saturated heterocycles. The highest BCUT2D eigenvalue weighted by Crippen LogP contribution is 1.97. The van der Waals surface area contributed by atoms with Crippen LogP contribution < -0.4 is 5.32 Å². The van der Waals surface area contributed by atoms with Crippen LogP contribution in [-0.4, -0.2) is 35.1 Å². The van der Waals surface area contributed by atoms with Crippen LogP contribution in [0.1, 0.15) is 33.6 Å². The van der Waals surface area contributed by atoms with Crippen LogP contribution in [0.5, 0.6) is 0 Å². The van der Waals surface area contributed by atoms with Crippen molar-refractivity contribution in [3.8, 4) is 0 Å². The van der Waals surface area contributed by atoms with E-state index in [-0.39, 0.29) is 6.42 Å². The van der Waals surface area contributed by atoms with E-state index >= 15 is 0 Å². The van der Waals surface area contributed by atoms with Crippen LogP contribution in [0.3, 0.4) is 0 Å². The maximum atomic E-state index is 11.2. The van der Waals surface area contributed by atoms with Gasteiger partial charge in [-0.15, -0.1) is 0 Å². The lowest BCUT2D eigenvalue weighted by Gasteiger charge is -2.13. The number of amides is 1. The Morgan fingerprint density at radius 3 is 2.25 bits per heavy atom. The molecule has 0 rings (SSSR count). The smallest absolute Gasteiger partial charge is 0.397 e. The molecule has 0 aromatic rings. The zero-order valence-corrected chi connectivity index (χ0v) is 9.65. The van der Waals surface area contributed by atoms with Gasteiger partial charge in [0.2, 0.25) is 0 Å². The summed E-state index contributed by atoms with van der Waals surface area (Å²) in [6.07, 6.45) is 0.458. The molecule has 0 fully saturated rings. The molecule has 92 valence electrons. The van der Waals surface area contributed by atoms with E-state index in [2.05, 4.69) is 10.1 Å². The highest BCUT2D eigenvalue weighted by molar-refractivity contribution is 6.32. The van der Waals surface area contributed by atoms with Gasteiger partial charge in [-0.2, -0.15) is 0 Å². The second-order valence-electron chi connectivity index (χ2n) is 3.61. The standard InChI is InChI=1S/C10H17NO5/c1-4-5-7(9(13)14)11-8(12)10(15)16-6(2)3/h6-7H,4-5H2,1-3H3,(H,11,12)(H,13,14). The van der Waals surface area contributed by atoms with Gasteiger partial charge in [0.15, 0.2) is 0 Å². The molecular formula is C10H17NO5. The monoisotopic (exact) mass is 231 g/mol. The number of carboxylic acid groups (broad SMARTS) is 1. The highest BCUT2D eigenvalue weighted by Gasteiger charge is 2.24. The first-order valence-electron chi connectivity index (χ1n) is 5.12. The molecule has 2 N–H and O–H groups in total. The Bertz CT molecular complexity index is 274. The normalized spacial score (nSPS) is 12.0. The number of aliphatic carboxylic acids is 1. The van der Waals surface area contributed by atoms with E-state index in [4.69, 9.17) is 5.11 Å². The second kappa shape index (κ2) is 6.81. The molecule has 1 amide bonds. The van der Waals surface area contributed by atoms with Gasteiger partial charge in [-0.25, -0.2) is 9.59 Å². The molecule has 0 aliphatic carbocycles. The minimum absolute atomic E-state index is 0.274. The lowest BCUT2D eigenvalue weighted by Crippen LogP contribution is -2.44. The molecule has 0 aromatic heterocycles. The molecule has 0 radical (unpaired) electrons. The third-order valence-corrected chi connectivity index (χ3v) is 1.71. The highest BCUT2D eigenvalue weighted by atomic mass is 16.5. The van der Waals surface area contributed by atoms with E-state index in [9.17, 15) is 14.4 Å². The number of rotatable bonds is 5. The fraction of sp³-hybridized carbons (Fsp3) is 0.700. The Kier molecular flexibility index (Phi) is 6.14. The van der Waals surface area contributed by atoms with Crippen molar-refractivity contribution in [2.24, 2.45) is 0 Å². The Morgan fingerprint density at radius 2 is 1.88 bits per heavy atom. The zero-order valence-electron chi connectivity index (χ0n) is 9.65. The molecule has 1 unspecified atom stereocenters. The third-order valence-electron chi connectivity index (χ3n) is 1.71. The van der Waals surface area contributed by atoms with E-state index in [0.717, 1.165) is 0 Å². The summed E-state index contributed by atoms with van der Waals surface area (Å²) in [7, 11) is 0. The molecule has 0 aliphatic rings. The number of carboxylic acids is 1. The third kappa shape index (κ3) is 5.33. The Morgan fingerprint density at radius 1 is 1.31 bits per heavy atom. The van der Waals surface area contributed by atoms with Crippen LogP contribution in [-0.2, 0) is 19.1 Å². The summed E-state index contributed by atoms with van der Waals surface area (Å²) in [5.41, 5.74) is 0. The number of carbonyl (C=O) groups excluding carboxylic acids is 2. The van der Waals surface area contributed by atoms with Crippen molar-refractivity contribution in [3.05, 3.63) is 0 Å². The molecule has 6 heteroatoms. The lowest BCUT2D eigenvalue weighted by atomic mass is 10.2. The average molecular weight is 231 g/mol. The summed E-state index contributed by atoms with van der Waals surface area (Å²) in [5.74, 6) is -3.24. The summed E-state index contributed by atoms with van der Waals surface area (Å²) < 4.78 is 4.63. The fourth-order valence-corrected chi connectivity index (χ4v) is 1.03. The Balaban J connectivity index is 4.29. The van der Waals surface area contributed by atoms with Gasteiger partial charge in [-0.1, -0.05) is 13.3 Å². The predicted octanol–water partition coefficient (Wildman–Crippen LogP) is 0.307. The van der Waals surface area contributed by atoms with Crippen LogP contribution in [0.15, 0.2) is 0 Å². The second-order valence-corrected chi connectivity index (χ2v) is 3.61. The Hall–Kier alpha value is -1.59. The van der Waals surface area contributed by atoms with E-state index in [1.54, 1.807) is 20.8 Å². The summed E-state index contributed by atoms with van der Waals surface area (Å²) in [4.78, 5) is 33.0.